The number of hydrogen-bond acceptors (Lipinski definition) is 4. The van der Waals surface area contributed by atoms with Gasteiger partial charge in [-0.1, -0.05) is 20.8 Å². The van der Waals surface area contributed by atoms with Crippen LogP contribution in [0.25, 0.3) is 0 Å². The van der Waals surface area contributed by atoms with Crippen LogP contribution in [-0.2, 0) is 20.2 Å². The van der Waals surface area contributed by atoms with Crippen molar-refractivity contribution >= 4 is 10.0 Å². The highest BCUT2D eigenvalue weighted by Crippen LogP contribution is 2.31. The van der Waals surface area contributed by atoms with Crippen molar-refractivity contribution in [3.05, 3.63) is 11.9 Å². The molecule has 0 bridgehead atoms. The van der Waals surface area contributed by atoms with Crippen molar-refractivity contribution in [3.63, 3.8) is 0 Å². The van der Waals surface area contributed by atoms with Gasteiger partial charge in [-0.3, -0.25) is 4.68 Å². The van der Waals surface area contributed by atoms with Crippen LogP contribution in [-0.4, -0.2) is 47.8 Å². The quantitative estimate of drug-likeness (QED) is 0.846. The minimum Gasteiger partial charge on any atom is -0.373 e. The highest BCUT2D eigenvalue weighted by molar-refractivity contribution is 7.89. The van der Waals surface area contributed by atoms with Crippen molar-refractivity contribution in [2.24, 2.45) is 0 Å². The van der Waals surface area contributed by atoms with Crippen molar-refractivity contribution in [3.8, 4) is 0 Å². The molecule has 1 aromatic rings. The van der Waals surface area contributed by atoms with Crippen LogP contribution in [0.2, 0.25) is 0 Å². The zero-order chi connectivity index (χ0) is 17.6. The first kappa shape index (κ1) is 18.4. The van der Waals surface area contributed by atoms with E-state index in [9.17, 15) is 8.42 Å². The molecular weight excluding hydrogens is 314 g/mol. The Bertz CT molecular complexity index is 649. The molecule has 132 valence electrons. The third-order valence-corrected chi connectivity index (χ3v) is 5.77. The summed E-state index contributed by atoms with van der Waals surface area (Å²) in [7, 11) is -3.58. The zero-order valence-corrected chi connectivity index (χ0v) is 16.0. The molecule has 0 aromatic carbocycles. The second kappa shape index (κ2) is 6.18. The molecule has 0 saturated carbocycles. The highest BCUT2D eigenvalue weighted by Gasteiger charge is 2.37. The number of morpholine rings is 1. The first-order valence-corrected chi connectivity index (χ1v) is 9.62. The van der Waals surface area contributed by atoms with Crippen LogP contribution in [0.5, 0.6) is 0 Å². The van der Waals surface area contributed by atoms with E-state index in [0.717, 1.165) is 0 Å². The minimum absolute atomic E-state index is 0.105. The van der Waals surface area contributed by atoms with Gasteiger partial charge < -0.3 is 4.74 Å². The van der Waals surface area contributed by atoms with Crippen molar-refractivity contribution in [1.29, 1.82) is 0 Å². The summed E-state index contributed by atoms with van der Waals surface area (Å²) < 4.78 is 35.3. The molecule has 2 heterocycles. The molecule has 0 radical (unpaired) electrons. The lowest BCUT2D eigenvalue weighted by Gasteiger charge is -2.34. The lowest BCUT2D eigenvalue weighted by molar-refractivity contribution is -0.0441. The molecule has 7 heteroatoms. The Labute approximate surface area is 139 Å². The van der Waals surface area contributed by atoms with Gasteiger partial charge in [0.2, 0.25) is 10.0 Å². The van der Waals surface area contributed by atoms with Gasteiger partial charge in [-0.15, -0.1) is 0 Å². The van der Waals surface area contributed by atoms with Crippen LogP contribution in [0.1, 0.15) is 60.2 Å². The molecule has 0 amide bonds. The molecule has 1 aromatic heterocycles. The van der Waals surface area contributed by atoms with Crippen molar-refractivity contribution in [2.75, 3.05) is 13.1 Å². The summed E-state index contributed by atoms with van der Waals surface area (Å²) in [5, 5.41) is 4.56. The van der Waals surface area contributed by atoms with E-state index in [1.165, 1.54) is 4.31 Å². The van der Waals surface area contributed by atoms with E-state index in [-0.39, 0.29) is 23.7 Å². The molecule has 1 saturated heterocycles. The van der Waals surface area contributed by atoms with E-state index < -0.39 is 10.0 Å². The molecular formula is C16H29N3O3S. The van der Waals surface area contributed by atoms with E-state index >= 15 is 0 Å². The fourth-order valence-corrected chi connectivity index (χ4v) is 4.74. The molecule has 2 atom stereocenters. The third kappa shape index (κ3) is 3.78. The number of nitrogens with zero attached hydrogens (tertiary/aromatic N) is 3. The van der Waals surface area contributed by atoms with Gasteiger partial charge in [0.05, 0.1) is 17.9 Å². The van der Waals surface area contributed by atoms with Gasteiger partial charge in [0.25, 0.3) is 0 Å². The molecule has 0 spiro atoms. The SMILES string of the molecule is CC1CN(S(=O)(=O)c2cn(C(C)C)nc2C(C)(C)C)CC(C)O1. The second-order valence-electron chi connectivity index (χ2n) is 7.75. The van der Waals surface area contributed by atoms with Gasteiger partial charge in [0.15, 0.2) is 0 Å². The molecule has 2 unspecified atom stereocenters. The minimum atomic E-state index is -3.58. The lowest BCUT2D eigenvalue weighted by atomic mass is 9.92. The van der Waals surface area contributed by atoms with Crippen LogP contribution in [0.3, 0.4) is 0 Å². The third-order valence-electron chi connectivity index (χ3n) is 3.94. The zero-order valence-electron chi connectivity index (χ0n) is 15.2. The van der Waals surface area contributed by atoms with E-state index in [0.29, 0.717) is 23.7 Å². The fraction of sp³-hybridized carbons (Fsp3) is 0.812. The molecule has 2 rings (SSSR count). The molecule has 1 aliphatic rings. The molecule has 1 fully saturated rings. The Hall–Kier alpha value is -0.920. The maximum Gasteiger partial charge on any atom is 0.246 e. The van der Waals surface area contributed by atoms with Crippen LogP contribution >= 0.6 is 0 Å². The standard InChI is InChI=1S/C16H29N3O3S/c1-11(2)19-10-14(15(17-19)16(5,6)7)23(20,21)18-8-12(3)22-13(4)9-18/h10-13H,8-9H2,1-7H3. The van der Waals surface area contributed by atoms with Gasteiger partial charge in [-0.05, 0) is 27.7 Å². The normalized spacial score (nSPS) is 24.3. The summed E-state index contributed by atoms with van der Waals surface area (Å²) in [6.07, 6.45) is 1.46. The van der Waals surface area contributed by atoms with E-state index in [4.69, 9.17) is 4.74 Å². The number of sulfonamides is 1. The van der Waals surface area contributed by atoms with Gasteiger partial charge in [0, 0.05) is 30.7 Å². The van der Waals surface area contributed by atoms with Gasteiger partial charge in [0.1, 0.15) is 4.90 Å². The molecule has 0 aliphatic carbocycles. The van der Waals surface area contributed by atoms with Crippen LogP contribution in [0.4, 0.5) is 0 Å². The number of aromatic nitrogens is 2. The Morgan fingerprint density at radius 1 is 1.22 bits per heavy atom. The van der Waals surface area contributed by atoms with E-state index in [1.54, 1.807) is 10.9 Å². The number of hydrogen-bond donors (Lipinski definition) is 0. The molecule has 1 aliphatic heterocycles. The Morgan fingerprint density at radius 3 is 2.17 bits per heavy atom. The summed E-state index contributed by atoms with van der Waals surface area (Å²) in [5.74, 6) is 0. The maximum absolute atomic E-state index is 13.2. The summed E-state index contributed by atoms with van der Waals surface area (Å²) in [5.41, 5.74) is 0.282. The first-order chi connectivity index (χ1) is 10.4. The lowest BCUT2D eigenvalue weighted by Crippen LogP contribution is -2.48. The van der Waals surface area contributed by atoms with Crippen LogP contribution in [0.15, 0.2) is 11.1 Å². The summed E-state index contributed by atoms with van der Waals surface area (Å²) in [6.45, 7) is 14.5. The van der Waals surface area contributed by atoms with E-state index in [1.807, 2.05) is 48.5 Å². The molecule has 23 heavy (non-hydrogen) atoms. The number of rotatable bonds is 3. The number of ether oxygens (including phenoxy) is 1. The average Bonchev–Trinajstić information content (AvgIpc) is 2.83. The second-order valence-corrected chi connectivity index (χ2v) is 9.65. The van der Waals surface area contributed by atoms with Gasteiger partial charge in [-0.2, -0.15) is 9.40 Å². The topological polar surface area (TPSA) is 64.4 Å². The summed E-state index contributed by atoms with van der Waals surface area (Å²) >= 11 is 0. The maximum atomic E-state index is 13.2. The summed E-state index contributed by atoms with van der Waals surface area (Å²) in [6, 6.07) is 0.114. The van der Waals surface area contributed by atoms with Crippen molar-refractivity contribution in [1.82, 2.24) is 14.1 Å². The van der Waals surface area contributed by atoms with Crippen LogP contribution < -0.4 is 0 Å². The van der Waals surface area contributed by atoms with Crippen LogP contribution in [0, 0.1) is 0 Å². The first-order valence-electron chi connectivity index (χ1n) is 8.18. The Kier molecular flexibility index (Phi) is 4.95. The Morgan fingerprint density at radius 2 is 1.74 bits per heavy atom. The average molecular weight is 343 g/mol. The Balaban J connectivity index is 2.50. The van der Waals surface area contributed by atoms with Crippen molar-refractivity contribution in [2.45, 2.75) is 77.0 Å². The molecule has 0 N–H and O–H groups in total. The largest absolute Gasteiger partial charge is 0.373 e. The van der Waals surface area contributed by atoms with Gasteiger partial charge in [-0.25, -0.2) is 8.42 Å². The molecule has 6 nitrogen and oxygen atoms in total. The predicted molar refractivity (Wildman–Crippen MR) is 90.1 cm³/mol. The monoisotopic (exact) mass is 343 g/mol. The predicted octanol–water partition coefficient (Wildman–Crippen LogP) is 2.56. The highest BCUT2D eigenvalue weighted by atomic mass is 32.2. The van der Waals surface area contributed by atoms with Crippen molar-refractivity contribution < 1.29 is 13.2 Å². The van der Waals surface area contributed by atoms with Gasteiger partial charge >= 0.3 is 0 Å². The smallest absolute Gasteiger partial charge is 0.246 e. The van der Waals surface area contributed by atoms with E-state index in [2.05, 4.69) is 5.10 Å². The summed E-state index contributed by atoms with van der Waals surface area (Å²) in [4.78, 5) is 0.319. The fourth-order valence-electron chi connectivity index (χ4n) is 2.81.